The van der Waals surface area contributed by atoms with Crippen molar-refractivity contribution in [1.29, 1.82) is 0 Å². The largest absolute Gasteiger partial charge is 0.462 e. The molecule has 1 aliphatic heterocycles. The van der Waals surface area contributed by atoms with E-state index in [4.69, 9.17) is 4.74 Å². The number of cyclic esters (lactones) is 1. The van der Waals surface area contributed by atoms with Crippen molar-refractivity contribution in [2.24, 2.45) is 35.5 Å². The summed E-state index contributed by atoms with van der Waals surface area (Å²) in [4.78, 5) is 24.7. The molecule has 4 heteroatoms. The van der Waals surface area contributed by atoms with Gasteiger partial charge in [-0.3, -0.25) is 9.59 Å². The van der Waals surface area contributed by atoms with Gasteiger partial charge in [0.15, 0.2) is 0 Å². The molecule has 1 heterocycles. The molecule has 3 rings (SSSR count). The summed E-state index contributed by atoms with van der Waals surface area (Å²) < 4.78 is 5.50. The Morgan fingerprint density at radius 2 is 1.93 bits per heavy atom. The highest BCUT2D eigenvalue weighted by molar-refractivity contribution is 5.81. The summed E-state index contributed by atoms with van der Waals surface area (Å²) in [5.41, 5.74) is 1.40. The molecule has 1 fully saturated rings. The van der Waals surface area contributed by atoms with E-state index < -0.39 is 6.10 Å². The molecule has 0 spiro atoms. The molecule has 0 aromatic carbocycles. The number of aliphatic hydroxyl groups excluding tert-OH is 1. The first-order valence-electron chi connectivity index (χ1n) is 12.1. The SMILES string of the molecule is CCC(CC)C(=O)C[C@H]1C[C@@H](C)C=C2C=C[C@H](C)[C@H](CC[C@@H]3C[C@@H](O)CC(=O)O3)[C@H]21. The summed E-state index contributed by atoms with van der Waals surface area (Å²) >= 11 is 0. The van der Waals surface area contributed by atoms with Crippen LogP contribution >= 0.6 is 0 Å². The first-order chi connectivity index (χ1) is 14.3. The number of fused-ring (bicyclic) bond motifs is 1. The zero-order chi connectivity index (χ0) is 21.8. The number of allylic oxidation sites excluding steroid dienone is 4. The third kappa shape index (κ3) is 5.43. The minimum absolute atomic E-state index is 0.118. The van der Waals surface area contributed by atoms with Crippen molar-refractivity contribution in [3.63, 3.8) is 0 Å². The van der Waals surface area contributed by atoms with Gasteiger partial charge in [0, 0.05) is 18.8 Å². The van der Waals surface area contributed by atoms with Gasteiger partial charge in [-0.2, -0.15) is 0 Å². The molecular weight excluding hydrogens is 376 g/mol. The van der Waals surface area contributed by atoms with Crippen molar-refractivity contribution < 1.29 is 19.4 Å². The summed E-state index contributed by atoms with van der Waals surface area (Å²) in [6.07, 6.45) is 12.3. The van der Waals surface area contributed by atoms with Crippen LogP contribution < -0.4 is 0 Å². The first kappa shape index (κ1) is 23.2. The predicted molar refractivity (Wildman–Crippen MR) is 119 cm³/mol. The minimum atomic E-state index is -0.573. The Morgan fingerprint density at radius 1 is 1.20 bits per heavy atom. The Labute approximate surface area is 182 Å². The molecular formula is C26H40O4. The molecule has 0 saturated carbocycles. The van der Waals surface area contributed by atoms with Gasteiger partial charge in [-0.15, -0.1) is 0 Å². The summed E-state index contributed by atoms with van der Waals surface area (Å²) in [7, 11) is 0. The number of ketones is 1. The predicted octanol–water partition coefficient (Wildman–Crippen LogP) is 5.25. The Morgan fingerprint density at radius 3 is 2.60 bits per heavy atom. The number of aliphatic hydroxyl groups is 1. The summed E-state index contributed by atoms with van der Waals surface area (Å²) in [5, 5.41) is 9.94. The summed E-state index contributed by atoms with van der Waals surface area (Å²) in [6.45, 7) is 8.78. The Kier molecular flexibility index (Phi) is 7.95. The third-order valence-electron chi connectivity index (χ3n) is 7.73. The second kappa shape index (κ2) is 10.3. The van der Waals surface area contributed by atoms with Gasteiger partial charge < -0.3 is 9.84 Å². The highest BCUT2D eigenvalue weighted by Gasteiger charge is 2.41. The zero-order valence-corrected chi connectivity index (χ0v) is 19.2. The Bertz CT molecular complexity index is 675. The molecule has 0 aromatic rings. The number of carbonyl (C=O) groups excluding carboxylic acids is 2. The van der Waals surface area contributed by atoms with Gasteiger partial charge in [-0.1, -0.05) is 45.9 Å². The van der Waals surface area contributed by atoms with E-state index in [1.54, 1.807) is 0 Å². The molecule has 0 unspecified atom stereocenters. The molecule has 0 radical (unpaired) electrons. The van der Waals surface area contributed by atoms with Gasteiger partial charge in [0.05, 0.1) is 12.5 Å². The number of carbonyl (C=O) groups is 2. The standard InChI is InChI=1S/C26H40O4/c1-5-18(6-2)24(28)13-20-12-16(3)11-19-8-7-17(4)23(26(19)20)10-9-22-14-21(27)15-25(29)30-22/h7-8,11,16-18,20-23,26-27H,5-6,9-10,12-15H2,1-4H3/t16-,17-,20+,21+,22+,23-,26+/m0/s1. The normalized spacial score (nSPS) is 36.3. The van der Waals surface area contributed by atoms with Crippen LogP contribution in [0.25, 0.3) is 0 Å². The van der Waals surface area contributed by atoms with Crippen molar-refractivity contribution in [3.05, 3.63) is 23.8 Å². The number of esters is 1. The maximum atomic E-state index is 13.0. The van der Waals surface area contributed by atoms with Crippen LogP contribution in [0.3, 0.4) is 0 Å². The maximum Gasteiger partial charge on any atom is 0.308 e. The van der Waals surface area contributed by atoms with Crippen LogP contribution in [-0.2, 0) is 14.3 Å². The van der Waals surface area contributed by atoms with E-state index in [1.807, 2.05) is 0 Å². The number of Topliss-reactive ketones (excluding diaryl/α,β-unsaturated/α-hetero) is 1. The fourth-order valence-electron chi connectivity index (χ4n) is 6.14. The number of rotatable bonds is 8. The average Bonchev–Trinajstić information content (AvgIpc) is 2.67. The van der Waals surface area contributed by atoms with Crippen LogP contribution in [0.1, 0.15) is 79.1 Å². The molecule has 0 amide bonds. The van der Waals surface area contributed by atoms with Crippen molar-refractivity contribution in [3.8, 4) is 0 Å². The molecule has 4 nitrogen and oxygen atoms in total. The van der Waals surface area contributed by atoms with Crippen LogP contribution in [0, 0.1) is 35.5 Å². The van der Waals surface area contributed by atoms with E-state index in [1.165, 1.54) is 5.57 Å². The molecule has 168 valence electrons. The quantitative estimate of drug-likeness (QED) is 0.549. The molecule has 1 saturated heterocycles. The lowest BCUT2D eigenvalue weighted by atomic mass is 9.60. The minimum Gasteiger partial charge on any atom is -0.462 e. The van der Waals surface area contributed by atoms with Gasteiger partial charge in [0.2, 0.25) is 0 Å². The van der Waals surface area contributed by atoms with Gasteiger partial charge in [0.1, 0.15) is 11.9 Å². The molecule has 0 aromatic heterocycles. The molecule has 2 aliphatic carbocycles. The fourth-order valence-corrected chi connectivity index (χ4v) is 6.14. The van der Waals surface area contributed by atoms with E-state index in [0.717, 1.165) is 32.1 Å². The van der Waals surface area contributed by atoms with Crippen molar-refractivity contribution in [2.45, 2.75) is 91.3 Å². The van der Waals surface area contributed by atoms with Gasteiger partial charge in [-0.25, -0.2) is 0 Å². The fraction of sp³-hybridized carbons (Fsp3) is 0.769. The van der Waals surface area contributed by atoms with Crippen LogP contribution in [-0.4, -0.2) is 29.1 Å². The van der Waals surface area contributed by atoms with Crippen molar-refractivity contribution in [2.75, 3.05) is 0 Å². The zero-order valence-electron chi connectivity index (χ0n) is 19.2. The van der Waals surface area contributed by atoms with Crippen LogP contribution in [0.5, 0.6) is 0 Å². The van der Waals surface area contributed by atoms with Crippen LogP contribution in [0.15, 0.2) is 23.8 Å². The molecule has 0 bridgehead atoms. The van der Waals surface area contributed by atoms with Gasteiger partial charge in [0.25, 0.3) is 0 Å². The lowest BCUT2D eigenvalue weighted by Crippen LogP contribution is -2.38. The van der Waals surface area contributed by atoms with Gasteiger partial charge in [-0.05, 0) is 67.3 Å². The first-order valence-corrected chi connectivity index (χ1v) is 12.1. The third-order valence-corrected chi connectivity index (χ3v) is 7.73. The topological polar surface area (TPSA) is 63.6 Å². The Balaban J connectivity index is 1.74. The monoisotopic (exact) mass is 416 g/mol. The molecule has 1 N–H and O–H groups in total. The number of ether oxygens (including phenoxy) is 1. The number of hydrogen-bond acceptors (Lipinski definition) is 4. The van der Waals surface area contributed by atoms with Gasteiger partial charge >= 0.3 is 5.97 Å². The van der Waals surface area contributed by atoms with Crippen molar-refractivity contribution in [1.82, 2.24) is 0 Å². The number of hydrogen-bond donors (Lipinski definition) is 1. The second-order valence-electron chi connectivity index (χ2n) is 10.0. The molecule has 30 heavy (non-hydrogen) atoms. The average molecular weight is 417 g/mol. The maximum absolute atomic E-state index is 13.0. The summed E-state index contributed by atoms with van der Waals surface area (Å²) in [6, 6.07) is 0. The summed E-state index contributed by atoms with van der Waals surface area (Å²) in [5.74, 6) is 2.53. The second-order valence-corrected chi connectivity index (χ2v) is 10.0. The lowest BCUT2D eigenvalue weighted by Gasteiger charge is -2.44. The smallest absolute Gasteiger partial charge is 0.308 e. The van der Waals surface area contributed by atoms with E-state index in [9.17, 15) is 14.7 Å². The molecule has 7 atom stereocenters. The van der Waals surface area contributed by atoms with E-state index >= 15 is 0 Å². The lowest BCUT2D eigenvalue weighted by molar-refractivity contribution is -0.160. The highest BCUT2D eigenvalue weighted by Crippen LogP contribution is 2.48. The van der Waals surface area contributed by atoms with E-state index in [-0.39, 0.29) is 24.4 Å². The van der Waals surface area contributed by atoms with Crippen LogP contribution in [0.2, 0.25) is 0 Å². The van der Waals surface area contributed by atoms with E-state index in [0.29, 0.717) is 48.2 Å². The molecule has 3 aliphatic rings. The van der Waals surface area contributed by atoms with Crippen LogP contribution in [0.4, 0.5) is 0 Å². The highest BCUT2D eigenvalue weighted by atomic mass is 16.5. The van der Waals surface area contributed by atoms with Crippen molar-refractivity contribution >= 4 is 11.8 Å². The van der Waals surface area contributed by atoms with E-state index in [2.05, 4.69) is 45.9 Å². The Hall–Kier alpha value is -1.42.